The Labute approximate surface area is 103 Å². The number of non-ortho nitro benzene ring substituents is 1. The molecule has 0 aliphatic rings. The lowest BCUT2D eigenvalue weighted by molar-refractivity contribution is -0.394. The molecule has 1 unspecified atom stereocenters. The molecule has 1 rings (SSSR count). The van der Waals surface area contributed by atoms with Gasteiger partial charge in [0, 0.05) is 6.07 Å². The lowest BCUT2D eigenvalue weighted by Gasteiger charge is -2.03. The highest BCUT2D eigenvalue weighted by Crippen LogP contribution is 2.25. The molecule has 18 heavy (non-hydrogen) atoms. The fourth-order valence-corrected chi connectivity index (χ4v) is 1.41. The van der Waals surface area contributed by atoms with Crippen LogP contribution in [-0.4, -0.2) is 24.5 Å². The van der Waals surface area contributed by atoms with Crippen molar-refractivity contribution in [2.45, 2.75) is 6.61 Å². The van der Waals surface area contributed by atoms with Crippen molar-refractivity contribution >= 4 is 22.5 Å². The molecule has 1 aromatic rings. The summed E-state index contributed by atoms with van der Waals surface area (Å²) >= 11 is -2.17. The van der Waals surface area contributed by atoms with Crippen molar-refractivity contribution < 1.29 is 23.3 Å². The Hall–Kier alpha value is -1.91. The molecule has 1 atom stereocenters. The van der Waals surface area contributed by atoms with Gasteiger partial charge in [-0.1, -0.05) is 0 Å². The molecule has 0 aliphatic heterocycles. The smallest absolute Gasteiger partial charge is 0.281 e. The number of hydrogen-bond acceptors (Lipinski definition) is 6. The number of benzene rings is 1. The van der Waals surface area contributed by atoms with Crippen LogP contribution in [-0.2, 0) is 22.4 Å². The maximum atomic E-state index is 10.7. The molecule has 9 nitrogen and oxygen atoms in total. The van der Waals surface area contributed by atoms with E-state index in [9.17, 15) is 24.4 Å². The first-order valence-electron chi connectivity index (χ1n) is 4.48. The van der Waals surface area contributed by atoms with Gasteiger partial charge in [-0.25, -0.2) is 4.21 Å². The third-order valence-electron chi connectivity index (χ3n) is 1.92. The van der Waals surface area contributed by atoms with Gasteiger partial charge < -0.3 is 9.29 Å². The Balaban J connectivity index is 2.93. The van der Waals surface area contributed by atoms with Gasteiger partial charge in [-0.3, -0.25) is 20.2 Å². The number of ether oxygens (including phenoxy) is 1. The van der Waals surface area contributed by atoms with Crippen LogP contribution >= 0.6 is 0 Å². The largest absolute Gasteiger partial charge is 0.361 e. The van der Waals surface area contributed by atoms with Gasteiger partial charge in [-0.2, -0.15) is 0 Å². The maximum absolute atomic E-state index is 10.7. The highest BCUT2D eigenvalue weighted by Gasteiger charge is 2.19. The van der Waals surface area contributed by atoms with Crippen LogP contribution in [0.15, 0.2) is 18.2 Å². The Kier molecular flexibility index (Phi) is 4.83. The van der Waals surface area contributed by atoms with E-state index < -0.39 is 38.2 Å². The molecule has 0 saturated carbocycles. The van der Waals surface area contributed by atoms with Crippen LogP contribution in [0.1, 0.15) is 5.56 Å². The minimum absolute atomic E-state index is 0.0936. The molecular formula is C8H8N2O7S. The van der Waals surface area contributed by atoms with Crippen molar-refractivity contribution in [3.05, 3.63) is 44.0 Å². The average Bonchev–Trinajstić information content (AvgIpc) is 2.28. The summed E-state index contributed by atoms with van der Waals surface area (Å²) in [6.45, 7) is -0.277. The van der Waals surface area contributed by atoms with Crippen molar-refractivity contribution in [1.29, 1.82) is 0 Å². The van der Waals surface area contributed by atoms with Crippen molar-refractivity contribution in [2.75, 3.05) is 5.94 Å². The van der Waals surface area contributed by atoms with Crippen molar-refractivity contribution in [1.82, 2.24) is 0 Å². The van der Waals surface area contributed by atoms with E-state index in [1.165, 1.54) is 6.07 Å². The standard InChI is InChI=1S/C8H8N2O7S/c11-9(12)7-2-1-6(4-17-5-18(15)16)8(3-7)10(13)14/h1-3H,4-5H2,(H,15,16). The Morgan fingerprint density at radius 2 is 1.94 bits per heavy atom. The average molecular weight is 276 g/mol. The molecule has 0 heterocycles. The number of rotatable bonds is 6. The summed E-state index contributed by atoms with van der Waals surface area (Å²) in [5.74, 6) is -0.492. The summed E-state index contributed by atoms with van der Waals surface area (Å²) in [6.07, 6.45) is 0. The topological polar surface area (TPSA) is 133 Å². The van der Waals surface area contributed by atoms with E-state index in [0.717, 1.165) is 12.1 Å². The van der Waals surface area contributed by atoms with Gasteiger partial charge in [0.05, 0.1) is 28.1 Å². The minimum atomic E-state index is -2.17. The first-order valence-corrected chi connectivity index (χ1v) is 5.76. The fourth-order valence-electron chi connectivity index (χ4n) is 1.18. The summed E-state index contributed by atoms with van der Waals surface area (Å²) in [4.78, 5) is 19.7. The second kappa shape index (κ2) is 6.14. The normalized spacial score (nSPS) is 12.1. The van der Waals surface area contributed by atoms with Crippen molar-refractivity contribution in [3.8, 4) is 0 Å². The second-order valence-electron chi connectivity index (χ2n) is 3.12. The molecule has 98 valence electrons. The zero-order chi connectivity index (χ0) is 13.7. The molecule has 10 heteroatoms. The molecule has 0 radical (unpaired) electrons. The first-order chi connectivity index (χ1) is 8.41. The van der Waals surface area contributed by atoms with E-state index in [1.54, 1.807) is 0 Å². The van der Waals surface area contributed by atoms with Crippen LogP contribution < -0.4 is 0 Å². The number of nitrogens with zero attached hydrogens (tertiary/aromatic N) is 2. The quantitative estimate of drug-likeness (QED) is 0.468. The summed E-state index contributed by atoms with van der Waals surface area (Å²) < 4.78 is 23.5. The zero-order valence-corrected chi connectivity index (χ0v) is 9.66. The maximum Gasteiger partial charge on any atom is 0.281 e. The van der Waals surface area contributed by atoms with Crippen LogP contribution in [0.2, 0.25) is 0 Å². The van der Waals surface area contributed by atoms with Crippen molar-refractivity contribution in [3.63, 3.8) is 0 Å². The van der Waals surface area contributed by atoms with Gasteiger partial charge in [0.1, 0.15) is 5.94 Å². The fraction of sp³-hybridized carbons (Fsp3) is 0.250. The number of hydrogen-bond donors (Lipinski definition) is 1. The zero-order valence-electron chi connectivity index (χ0n) is 8.85. The van der Waals surface area contributed by atoms with Crippen LogP contribution in [0.25, 0.3) is 0 Å². The third kappa shape index (κ3) is 3.84. The lowest BCUT2D eigenvalue weighted by Crippen LogP contribution is -2.03. The van der Waals surface area contributed by atoms with Crippen LogP contribution in [0.5, 0.6) is 0 Å². The number of nitro groups is 2. The minimum Gasteiger partial charge on any atom is -0.361 e. The SMILES string of the molecule is O=[N+]([O-])c1ccc(COCS(=O)O)c([N+](=O)[O-])c1. The molecule has 0 bridgehead atoms. The molecule has 1 N–H and O–H groups in total. The molecule has 0 amide bonds. The van der Waals surface area contributed by atoms with Crippen LogP contribution in [0.3, 0.4) is 0 Å². The summed E-state index contributed by atoms with van der Waals surface area (Å²) in [5, 5.41) is 21.2. The van der Waals surface area contributed by atoms with Gasteiger partial charge in [0.15, 0.2) is 11.1 Å². The van der Waals surface area contributed by atoms with Gasteiger partial charge in [0.2, 0.25) is 0 Å². The molecule has 0 saturated heterocycles. The Morgan fingerprint density at radius 1 is 1.28 bits per heavy atom. The molecular weight excluding hydrogens is 268 g/mol. The third-order valence-corrected chi connectivity index (χ3v) is 2.29. The monoisotopic (exact) mass is 276 g/mol. The highest BCUT2D eigenvalue weighted by atomic mass is 32.2. The van der Waals surface area contributed by atoms with Crippen molar-refractivity contribution in [2.24, 2.45) is 0 Å². The molecule has 0 aliphatic carbocycles. The van der Waals surface area contributed by atoms with Gasteiger partial charge in [0.25, 0.3) is 11.4 Å². The Morgan fingerprint density at radius 3 is 2.44 bits per heavy atom. The summed E-state index contributed by atoms with van der Waals surface area (Å²) in [5.41, 5.74) is -0.778. The van der Waals surface area contributed by atoms with E-state index >= 15 is 0 Å². The van der Waals surface area contributed by atoms with Crippen LogP contribution in [0, 0.1) is 20.2 Å². The second-order valence-corrected chi connectivity index (χ2v) is 3.99. The van der Waals surface area contributed by atoms with E-state index in [2.05, 4.69) is 0 Å². The van der Waals surface area contributed by atoms with E-state index in [-0.39, 0.29) is 12.2 Å². The molecule has 1 aromatic carbocycles. The summed E-state index contributed by atoms with van der Waals surface area (Å²) in [6, 6.07) is 3.09. The van der Waals surface area contributed by atoms with E-state index in [0.29, 0.717) is 0 Å². The lowest BCUT2D eigenvalue weighted by atomic mass is 10.2. The molecule has 0 aromatic heterocycles. The Bertz CT molecular complexity index is 504. The number of nitro benzene ring substituents is 2. The molecule has 0 fully saturated rings. The van der Waals surface area contributed by atoms with Gasteiger partial charge in [-0.05, 0) is 6.07 Å². The molecule has 0 spiro atoms. The first kappa shape index (κ1) is 14.2. The van der Waals surface area contributed by atoms with E-state index in [4.69, 9.17) is 9.29 Å². The summed E-state index contributed by atoms with van der Waals surface area (Å²) in [7, 11) is 0. The van der Waals surface area contributed by atoms with Gasteiger partial charge >= 0.3 is 0 Å². The predicted molar refractivity (Wildman–Crippen MR) is 60.2 cm³/mol. The predicted octanol–water partition coefficient (Wildman–Crippen LogP) is 1.20. The van der Waals surface area contributed by atoms with E-state index in [1.807, 2.05) is 0 Å². The van der Waals surface area contributed by atoms with Crippen LogP contribution in [0.4, 0.5) is 11.4 Å². The van der Waals surface area contributed by atoms with Gasteiger partial charge in [-0.15, -0.1) is 0 Å². The highest BCUT2D eigenvalue weighted by molar-refractivity contribution is 7.79.